The Morgan fingerprint density at radius 3 is 2.46 bits per heavy atom. The number of halogens is 3. The molecule has 0 bridgehead atoms. The summed E-state index contributed by atoms with van der Waals surface area (Å²) in [5.74, 6) is 0. The van der Waals surface area contributed by atoms with Gasteiger partial charge in [0.1, 0.15) is 5.03 Å². The third-order valence-corrected chi connectivity index (χ3v) is 7.64. The Morgan fingerprint density at radius 1 is 1.00 bits per heavy atom. The van der Waals surface area contributed by atoms with Crippen LogP contribution in [-0.2, 0) is 12.6 Å². The van der Waals surface area contributed by atoms with Crippen molar-refractivity contribution >= 4 is 28.4 Å². The maximum absolute atomic E-state index is 12.7. The highest BCUT2D eigenvalue weighted by molar-refractivity contribution is 7.99. The molecule has 5 nitrogen and oxygen atoms in total. The van der Waals surface area contributed by atoms with E-state index < -0.39 is 11.7 Å². The standard InChI is InChI=1S/C28H26F3N5S/c29-28(30,31)22-4-10-27(34-19-22)37-24-7-5-23(6-8-24)36-14-12-35(13-15-36)11-1-2-21-18-33-26-9-3-20(17-32)16-25(21)26/h3-10,16,18-19,33H,1-2,11-15H2. The van der Waals surface area contributed by atoms with E-state index >= 15 is 0 Å². The molecule has 5 rings (SSSR count). The lowest BCUT2D eigenvalue weighted by atomic mass is 10.1. The molecule has 190 valence electrons. The Kier molecular flexibility index (Phi) is 7.40. The summed E-state index contributed by atoms with van der Waals surface area (Å²) in [5, 5.41) is 10.8. The second kappa shape index (κ2) is 10.9. The van der Waals surface area contributed by atoms with E-state index in [0.29, 0.717) is 10.6 Å². The van der Waals surface area contributed by atoms with E-state index in [1.807, 2.05) is 30.3 Å². The highest BCUT2D eigenvalue weighted by atomic mass is 32.2. The summed E-state index contributed by atoms with van der Waals surface area (Å²) in [5.41, 5.74) is 3.43. The van der Waals surface area contributed by atoms with Crippen molar-refractivity contribution < 1.29 is 13.2 Å². The number of aromatic amines is 1. The van der Waals surface area contributed by atoms with E-state index in [1.165, 1.54) is 23.4 Å². The first kappa shape index (κ1) is 25.2. The highest BCUT2D eigenvalue weighted by Crippen LogP contribution is 2.32. The van der Waals surface area contributed by atoms with Crippen molar-refractivity contribution in [3.05, 3.63) is 83.7 Å². The summed E-state index contributed by atoms with van der Waals surface area (Å²) in [4.78, 5) is 13.0. The van der Waals surface area contributed by atoms with Gasteiger partial charge in [-0.3, -0.25) is 4.90 Å². The zero-order valence-corrected chi connectivity index (χ0v) is 20.9. The number of anilines is 1. The van der Waals surface area contributed by atoms with Crippen LogP contribution in [0.3, 0.4) is 0 Å². The van der Waals surface area contributed by atoms with Gasteiger partial charge in [-0.2, -0.15) is 18.4 Å². The number of nitrogens with one attached hydrogen (secondary N) is 1. The van der Waals surface area contributed by atoms with Gasteiger partial charge in [-0.25, -0.2) is 4.98 Å². The fraction of sp³-hybridized carbons (Fsp3) is 0.286. The van der Waals surface area contributed by atoms with Crippen molar-refractivity contribution in [2.75, 3.05) is 37.6 Å². The van der Waals surface area contributed by atoms with E-state index in [4.69, 9.17) is 0 Å². The van der Waals surface area contributed by atoms with Crippen LogP contribution in [0.15, 0.2) is 76.9 Å². The van der Waals surface area contributed by atoms with Crippen molar-refractivity contribution in [1.82, 2.24) is 14.9 Å². The van der Waals surface area contributed by atoms with Crippen molar-refractivity contribution in [2.24, 2.45) is 0 Å². The molecular formula is C28H26F3N5S. The summed E-state index contributed by atoms with van der Waals surface area (Å²) in [6, 6.07) is 18.6. The van der Waals surface area contributed by atoms with Crippen LogP contribution in [0.4, 0.5) is 18.9 Å². The Balaban J connectivity index is 1.09. The van der Waals surface area contributed by atoms with Crippen LogP contribution in [0.1, 0.15) is 23.1 Å². The molecule has 0 aliphatic carbocycles. The van der Waals surface area contributed by atoms with Crippen molar-refractivity contribution in [3.63, 3.8) is 0 Å². The molecule has 3 heterocycles. The van der Waals surface area contributed by atoms with Gasteiger partial charge in [-0.15, -0.1) is 0 Å². The average Bonchev–Trinajstić information content (AvgIpc) is 3.31. The number of aryl methyl sites for hydroxylation is 1. The number of piperazine rings is 1. The first-order chi connectivity index (χ1) is 17.9. The van der Waals surface area contributed by atoms with Gasteiger partial charge in [0.15, 0.2) is 0 Å². The molecule has 1 saturated heterocycles. The van der Waals surface area contributed by atoms with Gasteiger partial charge in [-0.05, 0) is 79.5 Å². The number of pyridine rings is 1. The van der Waals surface area contributed by atoms with Gasteiger partial charge in [-0.1, -0.05) is 11.8 Å². The van der Waals surface area contributed by atoms with E-state index in [9.17, 15) is 18.4 Å². The number of rotatable bonds is 7. The van der Waals surface area contributed by atoms with E-state index in [-0.39, 0.29) is 0 Å². The minimum Gasteiger partial charge on any atom is -0.369 e. The smallest absolute Gasteiger partial charge is 0.369 e. The molecule has 1 aliphatic heterocycles. The number of hydrogen-bond donors (Lipinski definition) is 1. The third-order valence-electron chi connectivity index (χ3n) is 6.68. The topological polar surface area (TPSA) is 59.0 Å². The molecule has 0 spiro atoms. The number of hydrogen-bond acceptors (Lipinski definition) is 5. The molecule has 0 atom stereocenters. The molecule has 1 aliphatic rings. The van der Waals surface area contributed by atoms with Gasteiger partial charge in [0.2, 0.25) is 0 Å². The Labute approximate surface area is 217 Å². The summed E-state index contributed by atoms with van der Waals surface area (Å²) >= 11 is 1.35. The van der Waals surface area contributed by atoms with Crippen molar-refractivity contribution in [1.29, 1.82) is 5.26 Å². The molecule has 0 saturated carbocycles. The van der Waals surface area contributed by atoms with Gasteiger partial charge in [0.25, 0.3) is 0 Å². The van der Waals surface area contributed by atoms with Crippen molar-refractivity contribution in [2.45, 2.75) is 28.9 Å². The SMILES string of the molecule is N#Cc1ccc2[nH]cc(CCCN3CCN(c4ccc(Sc5ccc(C(F)(F)F)cn5)cc4)CC3)c2c1. The summed E-state index contributed by atoms with van der Waals surface area (Å²) < 4.78 is 38.2. The minimum atomic E-state index is -4.37. The van der Waals surface area contributed by atoms with Gasteiger partial charge in [0.05, 0.1) is 17.2 Å². The normalized spacial score (nSPS) is 14.7. The molecule has 37 heavy (non-hydrogen) atoms. The third kappa shape index (κ3) is 6.09. The first-order valence-corrected chi connectivity index (χ1v) is 13.0. The summed E-state index contributed by atoms with van der Waals surface area (Å²) in [6.07, 6.45) is 0.596. The molecule has 0 amide bonds. The first-order valence-electron chi connectivity index (χ1n) is 12.2. The van der Waals surface area contributed by atoms with Crippen LogP contribution in [0.25, 0.3) is 10.9 Å². The molecule has 2 aromatic heterocycles. The Hall–Kier alpha value is -3.48. The van der Waals surface area contributed by atoms with Crippen LogP contribution in [0.5, 0.6) is 0 Å². The van der Waals surface area contributed by atoms with Gasteiger partial charge in [0, 0.05) is 60.1 Å². The lowest BCUT2D eigenvalue weighted by Crippen LogP contribution is -2.46. The summed E-state index contributed by atoms with van der Waals surface area (Å²) in [6.45, 7) is 4.93. The van der Waals surface area contributed by atoms with Crippen LogP contribution in [-0.4, -0.2) is 47.6 Å². The number of nitriles is 1. The largest absolute Gasteiger partial charge is 0.417 e. The lowest BCUT2D eigenvalue weighted by Gasteiger charge is -2.36. The number of aromatic nitrogens is 2. The molecule has 0 radical (unpaired) electrons. The van der Waals surface area contributed by atoms with Crippen LogP contribution in [0, 0.1) is 11.3 Å². The molecule has 4 aromatic rings. The fourth-order valence-electron chi connectivity index (χ4n) is 4.63. The molecular weight excluding hydrogens is 495 g/mol. The van der Waals surface area contributed by atoms with Crippen LogP contribution in [0.2, 0.25) is 0 Å². The lowest BCUT2D eigenvalue weighted by molar-refractivity contribution is -0.137. The maximum atomic E-state index is 12.7. The number of nitrogens with zero attached hydrogens (tertiary/aromatic N) is 4. The number of H-pyrrole nitrogens is 1. The molecule has 0 unspecified atom stereocenters. The predicted octanol–water partition coefficient (Wildman–Crippen LogP) is 6.36. The predicted molar refractivity (Wildman–Crippen MR) is 140 cm³/mol. The molecule has 1 N–H and O–H groups in total. The second-order valence-electron chi connectivity index (χ2n) is 9.10. The second-order valence-corrected chi connectivity index (χ2v) is 10.2. The number of benzene rings is 2. The fourth-order valence-corrected chi connectivity index (χ4v) is 5.39. The van der Waals surface area contributed by atoms with Gasteiger partial charge >= 0.3 is 6.18 Å². The number of fused-ring (bicyclic) bond motifs is 1. The van der Waals surface area contributed by atoms with Crippen molar-refractivity contribution in [3.8, 4) is 6.07 Å². The summed E-state index contributed by atoms with van der Waals surface area (Å²) in [7, 11) is 0. The Bertz CT molecular complexity index is 1380. The molecule has 1 fully saturated rings. The molecule has 9 heteroatoms. The quantitative estimate of drug-likeness (QED) is 0.307. The monoisotopic (exact) mass is 521 g/mol. The van der Waals surface area contributed by atoms with Gasteiger partial charge < -0.3 is 9.88 Å². The highest BCUT2D eigenvalue weighted by Gasteiger charge is 2.30. The zero-order valence-electron chi connectivity index (χ0n) is 20.1. The van der Waals surface area contributed by atoms with E-state index in [0.717, 1.165) is 79.3 Å². The van der Waals surface area contributed by atoms with Crippen LogP contribution < -0.4 is 4.90 Å². The number of alkyl halides is 3. The van der Waals surface area contributed by atoms with Crippen LogP contribution >= 0.6 is 11.8 Å². The molecule has 2 aromatic carbocycles. The van der Waals surface area contributed by atoms with E-state index in [2.05, 4.69) is 44.2 Å². The average molecular weight is 522 g/mol. The van der Waals surface area contributed by atoms with E-state index in [1.54, 1.807) is 0 Å². The maximum Gasteiger partial charge on any atom is 0.417 e. The Morgan fingerprint density at radius 2 is 1.78 bits per heavy atom. The zero-order chi connectivity index (χ0) is 25.8. The minimum absolute atomic E-state index is 0.535.